The molecule has 4 aliphatic carbocycles. The first-order valence-electron chi connectivity index (χ1n) is 30.9. The summed E-state index contributed by atoms with van der Waals surface area (Å²) in [5.41, 5.74) is 29.6. The minimum Gasteiger partial charge on any atom is -0.334 e. The van der Waals surface area contributed by atoms with Crippen LogP contribution in [0.2, 0.25) is 0 Å². The van der Waals surface area contributed by atoms with Crippen molar-refractivity contribution in [2.45, 2.75) is 255 Å². The third kappa shape index (κ3) is 7.90. The number of fused-ring (bicyclic) bond motifs is 10. The molecule has 0 amide bonds. The Bertz CT molecular complexity index is 3570. The number of anilines is 5. The first-order valence-corrected chi connectivity index (χ1v) is 31.7. The van der Waals surface area contributed by atoms with Crippen LogP contribution in [0.4, 0.5) is 28.4 Å². The van der Waals surface area contributed by atoms with E-state index >= 15 is 0 Å². The molecule has 13 rings (SSSR count). The minimum atomic E-state index is -0.130. The molecule has 2 unspecified atom stereocenters. The van der Waals surface area contributed by atoms with Crippen molar-refractivity contribution in [3.8, 4) is 11.1 Å². The third-order valence-corrected chi connectivity index (χ3v) is 24.0. The lowest BCUT2D eigenvalue weighted by molar-refractivity contribution is 0.330. The largest absolute Gasteiger partial charge is 0.334 e. The van der Waals surface area contributed by atoms with Crippen molar-refractivity contribution in [1.29, 1.82) is 0 Å². The van der Waals surface area contributed by atoms with E-state index in [4.69, 9.17) is 0 Å². The first kappa shape index (κ1) is 53.6. The van der Waals surface area contributed by atoms with Crippen LogP contribution in [0.3, 0.4) is 0 Å². The van der Waals surface area contributed by atoms with E-state index in [1.165, 1.54) is 135 Å². The quantitative estimate of drug-likeness (QED) is 0.163. The van der Waals surface area contributed by atoms with E-state index in [9.17, 15) is 0 Å². The van der Waals surface area contributed by atoms with Gasteiger partial charge in [0.15, 0.2) is 0 Å². The molecular weight excluding hydrogens is 972 g/mol. The van der Waals surface area contributed by atoms with Crippen molar-refractivity contribution in [3.63, 3.8) is 0 Å². The molecular formula is C75H93BN2S. The number of rotatable bonds is 3. The first-order chi connectivity index (χ1) is 36.6. The van der Waals surface area contributed by atoms with Crippen LogP contribution in [0.1, 0.15) is 250 Å². The van der Waals surface area contributed by atoms with E-state index in [1.54, 1.807) is 33.4 Å². The van der Waals surface area contributed by atoms with Gasteiger partial charge in [0.2, 0.25) is 6.71 Å². The van der Waals surface area contributed by atoms with Crippen LogP contribution in [-0.2, 0) is 48.7 Å². The van der Waals surface area contributed by atoms with Gasteiger partial charge in [-0.15, -0.1) is 11.8 Å². The molecule has 0 saturated heterocycles. The molecule has 3 heterocycles. The monoisotopic (exact) mass is 1060 g/mol. The Morgan fingerprint density at radius 2 is 0.861 bits per heavy atom. The van der Waals surface area contributed by atoms with Crippen molar-refractivity contribution in [3.05, 3.63) is 152 Å². The van der Waals surface area contributed by atoms with Gasteiger partial charge in [0.25, 0.3) is 0 Å². The topological polar surface area (TPSA) is 6.48 Å². The van der Waals surface area contributed by atoms with Crippen molar-refractivity contribution in [2.75, 3.05) is 9.80 Å². The Kier molecular flexibility index (Phi) is 11.4. The Balaban J connectivity index is 1.20. The van der Waals surface area contributed by atoms with Crippen molar-refractivity contribution in [2.24, 2.45) is 0 Å². The van der Waals surface area contributed by atoms with E-state index in [2.05, 4.69) is 251 Å². The average Bonchev–Trinajstić information content (AvgIpc) is 2.25. The summed E-state index contributed by atoms with van der Waals surface area (Å²) in [4.78, 5) is 7.33. The van der Waals surface area contributed by atoms with Crippen LogP contribution in [0, 0.1) is 6.92 Å². The molecule has 0 saturated carbocycles. The highest BCUT2D eigenvalue weighted by molar-refractivity contribution is 8.02. The summed E-state index contributed by atoms with van der Waals surface area (Å²) in [6.07, 6.45) is 9.53. The van der Waals surface area contributed by atoms with Crippen molar-refractivity contribution >= 4 is 57.8 Å². The molecule has 2 nitrogen and oxygen atoms in total. The molecule has 0 N–H and O–H groups in total. The smallest absolute Gasteiger partial charge is 0.233 e. The van der Waals surface area contributed by atoms with Gasteiger partial charge in [-0.2, -0.15) is 0 Å². The fourth-order valence-corrected chi connectivity index (χ4v) is 18.2. The maximum absolute atomic E-state index is 2.97. The minimum absolute atomic E-state index is 0.0232. The lowest BCUT2D eigenvalue weighted by Crippen LogP contribution is -2.63. The normalized spacial score (nSPS) is 24.2. The van der Waals surface area contributed by atoms with E-state index in [1.807, 2.05) is 0 Å². The van der Waals surface area contributed by atoms with Crippen LogP contribution in [0.15, 0.2) is 95.9 Å². The lowest BCUT2D eigenvalue weighted by Gasteiger charge is -2.52. The summed E-state index contributed by atoms with van der Waals surface area (Å²) in [6.45, 7) is 50.4. The Hall–Kier alpha value is -4.67. The van der Waals surface area contributed by atoms with Crippen LogP contribution in [0.5, 0.6) is 0 Å². The number of nitrogens with zero attached hydrogens (tertiary/aromatic N) is 2. The van der Waals surface area contributed by atoms with Crippen LogP contribution in [0.25, 0.3) is 11.1 Å². The van der Waals surface area contributed by atoms with Crippen molar-refractivity contribution < 1.29 is 0 Å². The molecule has 6 aromatic carbocycles. The Morgan fingerprint density at radius 1 is 0.443 bits per heavy atom. The molecule has 0 aromatic heterocycles. The van der Waals surface area contributed by atoms with E-state index in [0.717, 1.165) is 0 Å². The summed E-state index contributed by atoms with van der Waals surface area (Å²) < 4.78 is 0. The third-order valence-electron chi connectivity index (χ3n) is 22.6. The highest BCUT2D eigenvalue weighted by atomic mass is 32.2. The maximum Gasteiger partial charge on any atom is 0.233 e. The van der Waals surface area contributed by atoms with Gasteiger partial charge >= 0.3 is 0 Å². The molecule has 0 bridgehead atoms. The zero-order chi connectivity index (χ0) is 56.5. The number of aryl methyl sites for hydroxylation is 1. The molecule has 0 fully saturated rings. The fourth-order valence-electron chi connectivity index (χ4n) is 16.6. The predicted octanol–water partition coefficient (Wildman–Crippen LogP) is 19.7. The number of benzene rings is 6. The van der Waals surface area contributed by atoms with Gasteiger partial charge in [-0.05, 0) is 227 Å². The average molecular weight is 1070 g/mol. The fraction of sp³-hybridized carbons (Fsp3) is 0.520. The highest BCUT2D eigenvalue weighted by Gasteiger charge is 2.57. The van der Waals surface area contributed by atoms with Crippen molar-refractivity contribution in [1.82, 2.24) is 0 Å². The molecule has 7 aliphatic rings. The number of hydrogen-bond donors (Lipinski definition) is 0. The molecule has 0 radical (unpaired) electrons. The number of hydrogen-bond acceptors (Lipinski definition) is 3. The second-order valence-corrected chi connectivity index (χ2v) is 34.0. The standard InChI is InChI=1S/C75H93BN2S/c1-44-34-49-53(72(13,14)30-26-68(49,5)6)40-58(44)78-62-36-46(67(2,3)4)35-61-64(62)76(66-65(78)48-38-51-56(43-63(48)79-66)75(19,20)33-28-70(51,9)10)57-39-52-55(74(17,18)32-29-71(52,11)12)42-60(57)77(61)59-41-54-50(69(7,8)27-31-73(54,15)16)37-47(59)45-24-22-21-23-25-45/h21-25,34-43,65-66H,26-33H2,1-20H3. The summed E-state index contributed by atoms with van der Waals surface area (Å²) in [5, 5.41) is 0.229. The van der Waals surface area contributed by atoms with Gasteiger partial charge < -0.3 is 9.80 Å². The van der Waals surface area contributed by atoms with Gasteiger partial charge in [0.1, 0.15) is 0 Å². The molecule has 4 heteroatoms. The van der Waals surface area contributed by atoms with E-state index in [0.29, 0.717) is 0 Å². The van der Waals surface area contributed by atoms with E-state index in [-0.39, 0.29) is 66.6 Å². The Labute approximate surface area is 482 Å². The second-order valence-electron chi connectivity index (χ2n) is 32.8. The molecule has 3 aliphatic heterocycles. The summed E-state index contributed by atoms with van der Waals surface area (Å²) >= 11 is 2.23. The molecule has 6 aromatic rings. The van der Waals surface area contributed by atoms with Gasteiger partial charge in [-0.3, -0.25) is 0 Å². The van der Waals surface area contributed by atoms with Gasteiger partial charge in [-0.25, -0.2) is 0 Å². The zero-order valence-electron chi connectivity index (χ0n) is 52.4. The van der Waals surface area contributed by atoms with E-state index < -0.39 is 0 Å². The predicted molar refractivity (Wildman–Crippen MR) is 344 cm³/mol. The Morgan fingerprint density at radius 3 is 1.37 bits per heavy atom. The second kappa shape index (κ2) is 16.8. The molecule has 79 heavy (non-hydrogen) atoms. The maximum atomic E-state index is 2.97. The summed E-state index contributed by atoms with van der Waals surface area (Å²) in [6, 6.07) is 38.8. The summed E-state index contributed by atoms with van der Waals surface area (Å²) in [5.74, 6) is 0. The van der Waals surface area contributed by atoms with Crippen LogP contribution >= 0.6 is 11.8 Å². The van der Waals surface area contributed by atoms with Crippen LogP contribution < -0.4 is 20.7 Å². The molecule has 412 valence electrons. The number of thioether (sulfide) groups is 1. The lowest BCUT2D eigenvalue weighted by atomic mass is 9.33. The molecule has 0 spiro atoms. The van der Waals surface area contributed by atoms with Crippen LogP contribution in [-0.4, -0.2) is 11.9 Å². The SMILES string of the molecule is Cc1cc2c(cc1N1c3cc(C(C)(C)C)cc4c3B(c3cc5c(cc3N4c3cc4c(cc3-c3ccccc3)C(C)(C)CCC4(C)C)C(C)(C)CCC5(C)C)C3Sc4cc5c(cc4C31)C(C)(C)CCC5(C)C)C(C)(C)CCC2(C)C. The highest BCUT2D eigenvalue weighted by Crippen LogP contribution is 2.62. The summed E-state index contributed by atoms with van der Waals surface area (Å²) in [7, 11) is 0. The van der Waals surface area contributed by atoms with Gasteiger partial charge in [0.05, 0.1) is 11.7 Å². The van der Waals surface area contributed by atoms with Gasteiger partial charge in [0, 0.05) is 38.4 Å². The van der Waals surface area contributed by atoms with Gasteiger partial charge in [-0.1, -0.05) is 180 Å². The zero-order valence-corrected chi connectivity index (χ0v) is 53.2. The molecule has 2 atom stereocenters.